The predicted octanol–water partition coefficient (Wildman–Crippen LogP) is 2.62. The molecule has 2 nitrogen and oxygen atoms in total. The molecule has 2 atom stereocenters. The van der Waals surface area contributed by atoms with Crippen LogP contribution in [-0.2, 0) is 4.79 Å². The lowest BCUT2D eigenvalue weighted by atomic mass is 9.74. The summed E-state index contributed by atoms with van der Waals surface area (Å²) in [6.07, 6.45) is 1.65. The van der Waals surface area contributed by atoms with E-state index in [1.165, 1.54) is 0 Å². The smallest absolute Gasteiger partial charge is 0.227 e. The first-order valence-corrected chi connectivity index (χ1v) is 5.23. The molecule has 0 heterocycles. The summed E-state index contributed by atoms with van der Waals surface area (Å²) in [4.78, 5) is 11.7. The summed E-state index contributed by atoms with van der Waals surface area (Å²) >= 11 is 0. The lowest BCUT2D eigenvalue weighted by molar-refractivity contribution is -0.125. The number of para-hydroxylation sites is 1. The summed E-state index contributed by atoms with van der Waals surface area (Å²) in [5, 5.41) is 2.80. The van der Waals surface area contributed by atoms with Crippen LogP contribution in [0.1, 0.15) is 12.8 Å². The Morgan fingerprint density at radius 1 is 1.33 bits per heavy atom. The van der Waals surface area contributed by atoms with Gasteiger partial charge in [0.2, 0.25) is 5.91 Å². The van der Waals surface area contributed by atoms with Gasteiger partial charge in [-0.1, -0.05) is 18.2 Å². The van der Waals surface area contributed by atoms with Gasteiger partial charge in [-0.05, 0) is 30.9 Å². The van der Waals surface area contributed by atoms with Gasteiger partial charge in [0.1, 0.15) is 0 Å². The largest absolute Gasteiger partial charge is 0.326 e. The summed E-state index contributed by atoms with van der Waals surface area (Å²) < 4.78 is 12.4. The van der Waals surface area contributed by atoms with E-state index in [9.17, 15) is 9.18 Å². The van der Waals surface area contributed by atoms with E-state index >= 15 is 0 Å². The number of hydrogen-bond acceptors (Lipinski definition) is 1. The van der Waals surface area contributed by atoms with E-state index in [1.54, 1.807) is 0 Å². The predicted molar refractivity (Wildman–Crippen MR) is 57.3 cm³/mol. The molecule has 1 N–H and O–H groups in total. The van der Waals surface area contributed by atoms with Crippen LogP contribution in [0.4, 0.5) is 10.1 Å². The molecule has 3 heteroatoms. The second-order valence-electron chi connectivity index (χ2n) is 3.95. The molecule has 1 fully saturated rings. The summed E-state index contributed by atoms with van der Waals surface area (Å²) in [7, 11) is 0. The van der Waals surface area contributed by atoms with Crippen molar-refractivity contribution in [1.29, 1.82) is 0 Å². The highest BCUT2D eigenvalue weighted by atomic mass is 19.1. The number of benzene rings is 1. The van der Waals surface area contributed by atoms with Crippen molar-refractivity contribution in [3.8, 4) is 0 Å². The van der Waals surface area contributed by atoms with Gasteiger partial charge in [0.15, 0.2) is 0 Å². The number of anilines is 1. The van der Waals surface area contributed by atoms with E-state index in [0.717, 1.165) is 18.5 Å². The Kier molecular flexibility index (Phi) is 2.99. The van der Waals surface area contributed by atoms with Crippen molar-refractivity contribution in [2.75, 3.05) is 12.0 Å². The average Bonchev–Trinajstić information content (AvgIpc) is 2.18. The van der Waals surface area contributed by atoms with Crippen LogP contribution < -0.4 is 5.32 Å². The van der Waals surface area contributed by atoms with Crippen molar-refractivity contribution in [2.45, 2.75) is 12.8 Å². The molecule has 1 amide bonds. The van der Waals surface area contributed by atoms with Crippen LogP contribution in [0.5, 0.6) is 0 Å². The number of carbonyl (C=O) groups is 1. The maximum atomic E-state index is 12.4. The molecule has 1 saturated carbocycles. The highest BCUT2D eigenvalue weighted by Gasteiger charge is 2.36. The zero-order valence-corrected chi connectivity index (χ0v) is 8.45. The van der Waals surface area contributed by atoms with Gasteiger partial charge < -0.3 is 5.32 Å². The average molecular weight is 207 g/mol. The fourth-order valence-electron chi connectivity index (χ4n) is 1.86. The Morgan fingerprint density at radius 3 is 2.60 bits per heavy atom. The summed E-state index contributed by atoms with van der Waals surface area (Å²) in [5.41, 5.74) is 0.784. The number of rotatable bonds is 3. The highest BCUT2D eigenvalue weighted by molar-refractivity contribution is 5.93. The Balaban J connectivity index is 1.93. The third kappa shape index (κ3) is 2.17. The Labute approximate surface area is 88.5 Å². The molecule has 1 aromatic carbocycles. The first-order chi connectivity index (χ1) is 7.31. The Hall–Kier alpha value is -1.38. The van der Waals surface area contributed by atoms with Crippen molar-refractivity contribution in [2.24, 2.45) is 11.8 Å². The van der Waals surface area contributed by atoms with Crippen LogP contribution in [0.3, 0.4) is 0 Å². The zero-order chi connectivity index (χ0) is 10.7. The monoisotopic (exact) mass is 207 g/mol. The minimum Gasteiger partial charge on any atom is -0.326 e. The molecule has 1 aromatic rings. The van der Waals surface area contributed by atoms with Crippen molar-refractivity contribution < 1.29 is 9.18 Å². The van der Waals surface area contributed by atoms with E-state index in [1.807, 2.05) is 30.3 Å². The molecule has 0 bridgehead atoms. The van der Waals surface area contributed by atoms with Crippen LogP contribution in [0.15, 0.2) is 30.3 Å². The molecule has 2 rings (SSSR count). The number of amides is 1. The lowest BCUT2D eigenvalue weighted by Crippen LogP contribution is -2.37. The lowest BCUT2D eigenvalue weighted by Gasteiger charge is -2.33. The van der Waals surface area contributed by atoms with Gasteiger partial charge >= 0.3 is 0 Å². The summed E-state index contributed by atoms with van der Waals surface area (Å²) in [6.45, 7) is -0.382. The molecular formula is C12H14FNO. The van der Waals surface area contributed by atoms with E-state index in [4.69, 9.17) is 0 Å². The maximum Gasteiger partial charge on any atom is 0.227 e. The van der Waals surface area contributed by atoms with Gasteiger partial charge in [-0.25, -0.2) is 0 Å². The first-order valence-electron chi connectivity index (χ1n) is 5.23. The van der Waals surface area contributed by atoms with Gasteiger partial charge in [-0.2, -0.15) is 0 Å². The van der Waals surface area contributed by atoms with Crippen LogP contribution in [-0.4, -0.2) is 12.6 Å². The molecule has 0 aromatic heterocycles. The van der Waals surface area contributed by atoms with Crippen LogP contribution in [0.25, 0.3) is 0 Å². The van der Waals surface area contributed by atoms with E-state index in [-0.39, 0.29) is 24.4 Å². The Morgan fingerprint density at radius 2 is 2.07 bits per heavy atom. The standard InChI is InChI=1S/C12H14FNO/c13-8-9-6-7-11(9)12(15)14-10-4-2-1-3-5-10/h1-5,9,11H,6-8H2,(H,14,15). The molecule has 15 heavy (non-hydrogen) atoms. The third-order valence-corrected chi connectivity index (χ3v) is 2.99. The highest BCUT2D eigenvalue weighted by Crippen LogP contribution is 2.35. The molecule has 0 aliphatic heterocycles. The number of alkyl halides is 1. The van der Waals surface area contributed by atoms with E-state index in [2.05, 4.69) is 5.32 Å². The van der Waals surface area contributed by atoms with Crippen LogP contribution >= 0.6 is 0 Å². The van der Waals surface area contributed by atoms with Crippen molar-refractivity contribution in [3.63, 3.8) is 0 Å². The first kappa shape index (κ1) is 10.1. The van der Waals surface area contributed by atoms with Crippen molar-refractivity contribution >= 4 is 11.6 Å². The number of hydrogen-bond donors (Lipinski definition) is 1. The maximum absolute atomic E-state index is 12.4. The molecule has 1 aliphatic carbocycles. The summed E-state index contributed by atoms with van der Waals surface area (Å²) in [5.74, 6) is -0.237. The number of carbonyl (C=O) groups excluding carboxylic acids is 1. The third-order valence-electron chi connectivity index (χ3n) is 2.99. The zero-order valence-electron chi connectivity index (χ0n) is 8.45. The van der Waals surface area contributed by atoms with Crippen LogP contribution in [0, 0.1) is 11.8 Å². The van der Waals surface area contributed by atoms with Crippen molar-refractivity contribution in [1.82, 2.24) is 0 Å². The number of nitrogens with one attached hydrogen (secondary N) is 1. The number of halogens is 1. The molecule has 2 unspecified atom stereocenters. The fraction of sp³-hybridized carbons (Fsp3) is 0.417. The van der Waals surface area contributed by atoms with Gasteiger partial charge in [-0.15, -0.1) is 0 Å². The normalized spacial score (nSPS) is 24.3. The van der Waals surface area contributed by atoms with Gasteiger partial charge in [0.25, 0.3) is 0 Å². The minimum atomic E-state index is -0.382. The van der Waals surface area contributed by atoms with Crippen LogP contribution in [0.2, 0.25) is 0 Å². The second-order valence-corrected chi connectivity index (χ2v) is 3.95. The van der Waals surface area contributed by atoms with Crippen molar-refractivity contribution in [3.05, 3.63) is 30.3 Å². The van der Waals surface area contributed by atoms with E-state index in [0.29, 0.717) is 0 Å². The molecule has 0 radical (unpaired) electrons. The molecule has 0 saturated heterocycles. The topological polar surface area (TPSA) is 29.1 Å². The van der Waals surface area contributed by atoms with Gasteiger partial charge in [-0.3, -0.25) is 9.18 Å². The van der Waals surface area contributed by atoms with E-state index < -0.39 is 0 Å². The SMILES string of the molecule is O=C(Nc1ccccc1)C1CCC1CF. The summed E-state index contributed by atoms with van der Waals surface area (Å²) in [6, 6.07) is 9.29. The van der Waals surface area contributed by atoms with Gasteiger partial charge in [0.05, 0.1) is 6.67 Å². The fourth-order valence-corrected chi connectivity index (χ4v) is 1.86. The molecule has 1 aliphatic rings. The second kappa shape index (κ2) is 4.43. The van der Waals surface area contributed by atoms with Gasteiger partial charge in [0, 0.05) is 11.6 Å². The Bertz CT molecular complexity index is 337. The minimum absolute atomic E-state index is 0.0462. The molecule has 80 valence electrons. The molecular weight excluding hydrogens is 193 g/mol. The quantitative estimate of drug-likeness (QED) is 0.811. The molecule has 0 spiro atoms.